The summed E-state index contributed by atoms with van der Waals surface area (Å²) in [6, 6.07) is 0.667. The first-order chi connectivity index (χ1) is 9.74. The highest BCUT2D eigenvalue weighted by Crippen LogP contribution is 2.15. The fourth-order valence-corrected chi connectivity index (χ4v) is 3.52. The van der Waals surface area contributed by atoms with Crippen LogP contribution in [0.1, 0.15) is 43.8 Å². The Morgan fingerprint density at radius 3 is 2.65 bits per heavy atom. The van der Waals surface area contributed by atoms with Crippen molar-refractivity contribution in [2.24, 2.45) is 0 Å². The maximum Gasteiger partial charge on any atom is 0.0929 e. The van der Waals surface area contributed by atoms with Crippen LogP contribution in [0, 0.1) is 0 Å². The van der Waals surface area contributed by atoms with Crippen molar-refractivity contribution in [2.75, 3.05) is 26.8 Å². The van der Waals surface area contributed by atoms with E-state index in [1.165, 1.54) is 17.8 Å². The van der Waals surface area contributed by atoms with Crippen molar-refractivity contribution >= 4 is 22.9 Å². The molecule has 0 bridgehead atoms. The molecule has 0 aromatic carbocycles. The molecule has 1 heterocycles. The van der Waals surface area contributed by atoms with E-state index in [2.05, 4.69) is 29.1 Å². The minimum absolute atomic E-state index is 0.518. The van der Waals surface area contributed by atoms with Gasteiger partial charge in [-0.25, -0.2) is 4.98 Å². The van der Waals surface area contributed by atoms with Gasteiger partial charge in [0.05, 0.1) is 23.2 Å². The molecule has 0 saturated carbocycles. The SMILES string of the molecule is CCC(CC)N(CCCc1nc(CCl)cs1)CCOC. The van der Waals surface area contributed by atoms with E-state index in [1.54, 1.807) is 18.4 Å². The monoisotopic (exact) mass is 318 g/mol. The lowest BCUT2D eigenvalue weighted by molar-refractivity contribution is 0.114. The minimum atomic E-state index is 0.518. The van der Waals surface area contributed by atoms with Gasteiger partial charge in [-0.3, -0.25) is 4.90 Å². The molecule has 116 valence electrons. The first-order valence-electron chi connectivity index (χ1n) is 7.47. The second-order valence-corrected chi connectivity index (χ2v) is 6.18. The van der Waals surface area contributed by atoms with Crippen LogP contribution in [-0.4, -0.2) is 42.7 Å². The highest BCUT2D eigenvalue weighted by Gasteiger charge is 2.14. The van der Waals surface area contributed by atoms with Crippen LogP contribution in [0.3, 0.4) is 0 Å². The average molecular weight is 319 g/mol. The largest absolute Gasteiger partial charge is 0.383 e. The molecular formula is C15H27ClN2OS. The molecule has 20 heavy (non-hydrogen) atoms. The number of aromatic nitrogens is 1. The number of halogens is 1. The first kappa shape index (κ1) is 17.9. The fourth-order valence-electron chi connectivity index (χ4n) is 2.45. The zero-order valence-corrected chi connectivity index (χ0v) is 14.5. The van der Waals surface area contributed by atoms with Crippen LogP contribution in [0.25, 0.3) is 0 Å². The molecule has 0 radical (unpaired) electrons. The van der Waals surface area contributed by atoms with Gasteiger partial charge in [-0.2, -0.15) is 0 Å². The molecule has 0 aliphatic carbocycles. The highest BCUT2D eigenvalue weighted by molar-refractivity contribution is 7.09. The van der Waals surface area contributed by atoms with Crippen LogP contribution in [0.15, 0.2) is 5.38 Å². The van der Waals surface area contributed by atoms with Gasteiger partial charge >= 0.3 is 0 Å². The molecule has 3 nitrogen and oxygen atoms in total. The first-order valence-corrected chi connectivity index (χ1v) is 8.88. The van der Waals surface area contributed by atoms with E-state index in [0.717, 1.165) is 38.2 Å². The van der Waals surface area contributed by atoms with Crippen molar-refractivity contribution in [1.82, 2.24) is 9.88 Å². The summed E-state index contributed by atoms with van der Waals surface area (Å²) in [5.74, 6) is 0.518. The molecule has 0 fully saturated rings. The molecule has 0 aliphatic heterocycles. The van der Waals surface area contributed by atoms with E-state index in [0.29, 0.717) is 11.9 Å². The predicted molar refractivity (Wildman–Crippen MR) is 87.8 cm³/mol. The lowest BCUT2D eigenvalue weighted by Gasteiger charge is -2.30. The summed E-state index contributed by atoms with van der Waals surface area (Å²) in [7, 11) is 1.77. The summed E-state index contributed by atoms with van der Waals surface area (Å²) < 4.78 is 5.23. The molecular weight excluding hydrogens is 292 g/mol. The maximum atomic E-state index is 5.78. The van der Waals surface area contributed by atoms with Crippen LogP contribution in [0.5, 0.6) is 0 Å². The van der Waals surface area contributed by atoms with Gasteiger partial charge in [0.1, 0.15) is 0 Å². The Kier molecular flexibility index (Phi) is 9.44. The highest BCUT2D eigenvalue weighted by atomic mass is 35.5. The van der Waals surface area contributed by atoms with Gasteiger partial charge in [0.25, 0.3) is 0 Å². The third kappa shape index (κ3) is 6.08. The number of alkyl halides is 1. The van der Waals surface area contributed by atoms with Crippen LogP contribution >= 0.6 is 22.9 Å². The third-order valence-electron chi connectivity index (χ3n) is 3.61. The van der Waals surface area contributed by atoms with Gasteiger partial charge in [0.15, 0.2) is 0 Å². The molecule has 0 unspecified atom stereocenters. The van der Waals surface area contributed by atoms with E-state index in [1.807, 2.05) is 0 Å². The van der Waals surface area contributed by atoms with E-state index in [4.69, 9.17) is 16.3 Å². The average Bonchev–Trinajstić information content (AvgIpc) is 2.93. The molecule has 0 spiro atoms. The molecule has 5 heteroatoms. The Labute approximate surface area is 132 Å². The number of ether oxygens (including phenoxy) is 1. The Hall–Kier alpha value is -0.160. The number of aryl methyl sites for hydroxylation is 1. The fraction of sp³-hybridized carbons (Fsp3) is 0.800. The third-order valence-corrected chi connectivity index (χ3v) is 4.84. The van der Waals surface area contributed by atoms with Crippen LogP contribution in [-0.2, 0) is 17.0 Å². The van der Waals surface area contributed by atoms with Crippen molar-refractivity contribution in [1.29, 1.82) is 0 Å². The molecule has 1 aromatic heterocycles. The smallest absolute Gasteiger partial charge is 0.0929 e. The topological polar surface area (TPSA) is 25.4 Å². The maximum absolute atomic E-state index is 5.78. The molecule has 0 amide bonds. The summed E-state index contributed by atoms with van der Waals surface area (Å²) in [6.07, 6.45) is 4.60. The molecule has 0 atom stereocenters. The quantitative estimate of drug-likeness (QED) is 0.578. The second-order valence-electron chi connectivity index (χ2n) is 4.97. The van der Waals surface area contributed by atoms with E-state index >= 15 is 0 Å². The Bertz CT molecular complexity index is 355. The molecule has 0 saturated heterocycles. The van der Waals surface area contributed by atoms with Crippen molar-refractivity contribution in [3.8, 4) is 0 Å². The van der Waals surface area contributed by atoms with E-state index in [-0.39, 0.29) is 0 Å². The molecule has 1 aromatic rings. The minimum Gasteiger partial charge on any atom is -0.383 e. The Balaban J connectivity index is 2.40. The van der Waals surface area contributed by atoms with Crippen molar-refractivity contribution < 1.29 is 4.74 Å². The van der Waals surface area contributed by atoms with Crippen molar-refractivity contribution in [3.05, 3.63) is 16.1 Å². The van der Waals surface area contributed by atoms with Gasteiger partial charge in [0.2, 0.25) is 0 Å². The Morgan fingerprint density at radius 1 is 1.35 bits per heavy atom. The van der Waals surface area contributed by atoms with E-state index < -0.39 is 0 Å². The normalized spacial score (nSPS) is 11.7. The summed E-state index contributed by atoms with van der Waals surface area (Å²) >= 11 is 7.51. The lowest BCUT2D eigenvalue weighted by atomic mass is 10.1. The second kappa shape index (κ2) is 10.6. The number of hydrogen-bond acceptors (Lipinski definition) is 4. The number of hydrogen-bond donors (Lipinski definition) is 0. The van der Waals surface area contributed by atoms with Gasteiger partial charge in [0, 0.05) is 31.5 Å². The molecule has 1 rings (SSSR count). The summed E-state index contributed by atoms with van der Waals surface area (Å²) in [4.78, 5) is 7.07. The Morgan fingerprint density at radius 2 is 2.10 bits per heavy atom. The number of nitrogens with zero attached hydrogens (tertiary/aromatic N) is 2. The number of methoxy groups -OCH3 is 1. The summed E-state index contributed by atoms with van der Waals surface area (Å²) in [5, 5.41) is 3.27. The lowest BCUT2D eigenvalue weighted by Crippen LogP contribution is -2.37. The zero-order valence-electron chi connectivity index (χ0n) is 12.9. The van der Waals surface area contributed by atoms with Crippen molar-refractivity contribution in [2.45, 2.75) is 51.5 Å². The van der Waals surface area contributed by atoms with Gasteiger partial charge in [-0.1, -0.05) is 13.8 Å². The summed E-state index contributed by atoms with van der Waals surface area (Å²) in [5.41, 5.74) is 1.00. The molecule has 0 aliphatic rings. The predicted octanol–water partition coefficient (Wildman–Crippen LogP) is 3.95. The molecule has 0 N–H and O–H groups in total. The van der Waals surface area contributed by atoms with Gasteiger partial charge in [-0.15, -0.1) is 22.9 Å². The zero-order chi connectivity index (χ0) is 14.8. The summed E-state index contributed by atoms with van der Waals surface area (Å²) in [6.45, 7) is 7.48. The van der Waals surface area contributed by atoms with Crippen LogP contribution in [0.2, 0.25) is 0 Å². The number of rotatable bonds is 11. The van der Waals surface area contributed by atoms with Crippen molar-refractivity contribution in [3.63, 3.8) is 0 Å². The van der Waals surface area contributed by atoms with Gasteiger partial charge < -0.3 is 4.74 Å². The number of thiazole rings is 1. The van der Waals surface area contributed by atoms with Gasteiger partial charge in [-0.05, 0) is 25.8 Å². The van der Waals surface area contributed by atoms with E-state index in [9.17, 15) is 0 Å². The van der Waals surface area contributed by atoms with Crippen LogP contribution < -0.4 is 0 Å². The van der Waals surface area contributed by atoms with Crippen LogP contribution in [0.4, 0.5) is 0 Å². The standard InChI is InChI=1S/C15H27ClN2OS/c1-4-14(5-2)18(9-10-19-3)8-6-7-15-17-13(11-16)12-20-15/h12,14H,4-11H2,1-3H3.